The lowest BCUT2D eigenvalue weighted by atomic mass is 9.44. The summed E-state index contributed by atoms with van der Waals surface area (Å²) in [6.45, 7) is 14.1. The molecule has 4 aliphatic rings. The fourth-order valence-electron chi connectivity index (χ4n) is 8.35. The summed E-state index contributed by atoms with van der Waals surface area (Å²) in [6.07, 6.45) is 15.2. The Bertz CT molecular complexity index is 485. The van der Waals surface area contributed by atoms with Crippen molar-refractivity contribution in [3.63, 3.8) is 0 Å². The van der Waals surface area contributed by atoms with Crippen LogP contribution in [0.2, 0.25) is 0 Å². The summed E-state index contributed by atoms with van der Waals surface area (Å²) in [5.74, 6) is 5.63. The molecule has 0 radical (unpaired) electrons. The molecule has 0 aromatic heterocycles. The molecule has 0 aromatic carbocycles. The lowest BCUT2D eigenvalue weighted by Gasteiger charge is -2.61. The molecule has 1 N–H and O–H groups in total. The predicted molar refractivity (Wildman–Crippen MR) is 117 cm³/mol. The van der Waals surface area contributed by atoms with Crippen molar-refractivity contribution in [3.8, 4) is 0 Å². The van der Waals surface area contributed by atoms with Gasteiger partial charge in [0.15, 0.2) is 0 Å². The average molecular weight is 377 g/mol. The van der Waals surface area contributed by atoms with E-state index in [2.05, 4.69) is 27.7 Å². The molecule has 158 valence electrons. The van der Waals surface area contributed by atoms with Gasteiger partial charge in [-0.2, -0.15) is 0 Å². The van der Waals surface area contributed by atoms with Gasteiger partial charge in [-0.3, -0.25) is 0 Å². The van der Waals surface area contributed by atoms with Gasteiger partial charge < -0.3 is 5.11 Å². The molecule has 0 bridgehead atoms. The zero-order valence-corrected chi connectivity index (χ0v) is 19.3. The van der Waals surface area contributed by atoms with Crippen molar-refractivity contribution in [3.05, 3.63) is 0 Å². The van der Waals surface area contributed by atoms with Gasteiger partial charge in [-0.05, 0) is 111 Å². The van der Waals surface area contributed by atoms with E-state index in [1.165, 1.54) is 57.8 Å². The van der Waals surface area contributed by atoms with E-state index in [1.807, 2.05) is 13.8 Å². The molecule has 8 atom stereocenters. The van der Waals surface area contributed by atoms with E-state index in [1.54, 1.807) is 0 Å². The normalized spacial score (nSPS) is 48.9. The van der Waals surface area contributed by atoms with Crippen LogP contribution >= 0.6 is 0 Å². The molecule has 8 unspecified atom stereocenters. The highest BCUT2D eigenvalue weighted by molar-refractivity contribution is 5.09. The van der Waals surface area contributed by atoms with E-state index in [9.17, 15) is 5.11 Å². The Morgan fingerprint density at radius 1 is 0.852 bits per heavy atom. The zero-order chi connectivity index (χ0) is 19.8. The minimum atomic E-state index is -0.00428. The second-order valence-electron chi connectivity index (χ2n) is 11.4. The lowest BCUT2D eigenvalue weighted by molar-refractivity contribution is -0.127. The highest BCUT2D eigenvalue weighted by atomic mass is 16.3. The third kappa shape index (κ3) is 3.76. The summed E-state index contributed by atoms with van der Waals surface area (Å²) in [5.41, 5.74) is 1.19. The molecule has 27 heavy (non-hydrogen) atoms. The molecular formula is C26H48O. The van der Waals surface area contributed by atoms with E-state index < -0.39 is 0 Å². The summed E-state index contributed by atoms with van der Waals surface area (Å²) < 4.78 is 0. The van der Waals surface area contributed by atoms with Crippen LogP contribution < -0.4 is 0 Å². The van der Waals surface area contributed by atoms with E-state index in [-0.39, 0.29) is 6.10 Å². The predicted octanol–water partition coefficient (Wildman–Crippen LogP) is 7.47. The van der Waals surface area contributed by atoms with Gasteiger partial charge in [-0.1, -0.05) is 48.0 Å². The van der Waals surface area contributed by atoms with Crippen molar-refractivity contribution in [1.29, 1.82) is 0 Å². The first-order chi connectivity index (χ1) is 12.8. The largest absolute Gasteiger partial charge is 0.393 e. The first-order valence-electron chi connectivity index (χ1n) is 12.5. The van der Waals surface area contributed by atoms with Gasteiger partial charge in [0, 0.05) is 0 Å². The minimum absolute atomic E-state index is 0.00428. The number of hydrogen-bond donors (Lipinski definition) is 1. The van der Waals surface area contributed by atoms with Crippen LogP contribution in [-0.2, 0) is 0 Å². The molecule has 4 rings (SSSR count). The van der Waals surface area contributed by atoms with Crippen LogP contribution in [0.25, 0.3) is 0 Å². The van der Waals surface area contributed by atoms with Gasteiger partial charge in [0.25, 0.3) is 0 Å². The Hall–Kier alpha value is -0.0400. The maximum atomic E-state index is 10.2. The molecule has 4 aliphatic carbocycles. The van der Waals surface area contributed by atoms with Gasteiger partial charge in [-0.15, -0.1) is 0 Å². The standard InChI is InChI=1S/C24H42O.C2H6/c1-16(2)5-6-17-8-10-21-20-9-7-18-15-19(25)11-13-24(18,4)22(20)12-14-23(17,21)3;1-2/h16-22,25H,5-15H2,1-4H3;1-2H3. The highest BCUT2D eigenvalue weighted by Crippen LogP contribution is 2.67. The van der Waals surface area contributed by atoms with Crippen molar-refractivity contribution in [2.45, 2.75) is 118 Å². The van der Waals surface area contributed by atoms with Crippen molar-refractivity contribution in [2.75, 3.05) is 0 Å². The maximum absolute atomic E-state index is 10.2. The Labute approximate surface area is 170 Å². The molecular weight excluding hydrogens is 328 g/mol. The first-order valence-corrected chi connectivity index (χ1v) is 12.5. The van der Waals surface area contributed by atoms with E-state index in [0.29, 0.717) is 10.8 Å². The van der Waals surface area contributed by atoms with Gasteiger partial charge >= 0.3 is 0 Å². The van der Waals surface area contributed by atoms with Crippen LogP contribution in [0.4, 0.5) is 0 Å². The number of aliphatic hydroxyl groups excluding tert-OH is 1. The maximum Gasteiger partial charge on any atom is 0.0543 e. The third-order valence-corrected chi connectivity index (χ3v) is 9.93. The molecule has 4 fully saturated rings. The van der Waals surface area contributed by atoms with Crippen LogP contribution in [-0.4, -0.2) is 11.2 Å². The summed E-state index contributed by atoms with van der Waals surface area (Å²) in [4.78, 5) is 0. The first kappa shape index (κ1) is 21.7. The Kier molecular flexibility index (Phi) is 6.72. The Morgan fingerprint density at radius 2 is 1.52 bits per heavy atom. The number of fused-ring (bicyclic) bond motifs is 5. The van der Waals surface area contributed by atoms with Crippen molar-refractivity contribution in [2.24, 2.45) is 46.3 Å². The quantitative estimate of drug-likeness (QED) is 0.541. The van der Waals surface area contributed by atoms with Gasteiger partial charge in [-0.25, -0.2) is 0 Å². The molecule has 0 saturated heterocycles. The van der Waals surface area contributed by atoms with Gasteiger partial charge in [0.1, 0.15) is 0 Å². The number of hydrogen-bond acceptors (Lipinski definition) is 1. The fraction of sp³-hybridized carbons (Fsp3) is 1.00. The van der Waals surface area contributed by atoms with Gasteiger partial charge in [0.05, 0.1) is 6.10 Å². The van der Waals surface area contributed by atoms with Crippen molar-refractivity contribution >= 4 is 0 Å². The number of aliphatic hydroxyl groups is 1. The van der Waals surface area contributed by atoms with Crippen molar-refractivity contribution < 1.29 is 5.11 Å². The molecule has 1 heteroatoms. The second kappa shape index (κ2) is 8.37. The number of rotatable bonds is 3. The van der Waals surface area contributed by atoms with E-state index in [0.717, 1.165) is 48.3 Å². The SMILES string of the molecule is CC.CC(C)CCC1CCC2C3CCC4CC(O)CCC4(C)C3CCC12C. The molecule has 0 aliphatic heterocycles. The average Bonchev–Trinajstić information content (AvgIpc) is 2.98. The molecule has 0 heterocycles. The van der Waals surface area contributed by atoms with E-state index in [4.69, 9.17) is 0 Å². The van der Waals surface area contributed by atoms with Gasteiger partial charge in [0.2, 0.25) is 0 Å². The second-order valence-corrected chi connectivity index (χ2v) is 11.4. The lowest BCUT2D eigenvalue weighted by Crippen LogP contribution is -2.53. The summed E-state index contributed by atoms with van der Waals surface area (Å²) in [5, 5.41) is 10.2. The smallest absolute Gasteiger partial charge is 0.0543 e. The monoisotopic (exact) mass is 376 g/mol. The molecule has 0 aromatic rings. The zero-order valence-electron chi connectivity index (χ0n) is 19.3. The summed E-state index contributed by atoms with van der Waals surface area (Å²) >= 11 is 0. The van der Waals surface area contributed by atoms with Crippen LogP contribution in [0.5, 0.6) is 0 Å². The molecule has 1 nitrogen and oxygen atoms in total. The van der Waals surface area contributed by atoms with Crippen LogP contribution in [0, 0.1) is 46.3 Å². The van der Waals surface area contributed by atoms with Crippen molar-refractivity contribution in [1.82, 2.24) is 0 Å². The highest BCUT2D eigenvalue weighted by Gasteiger charge is 2.59. The fourth-order valence-corrected chi connectivity index (χ4v) is 8.35. The minimum Gasteiger partial charge on any atom is -0.393 e. The van der Waals surface area contributed by atoms with Crippen LogP contribution in [0.3, 0.4) is 0 Å². The molecule has 0 amide bonds. The molecule has 4 saturated carbocycles. The van der Waals surface area contributed by atoms with Crippen LogP contribution in [0.15, 0.2) is 0 Å². The third-order valence-electron chi connectivity index (χ3n) is 9.93. The van der Waals surface area contributed by atoms with E-state index >= 15 is 0 Å². The topological polar surface area (TPSA) is 20.2 Å². The van der Waals surface area contributed by atoms with Crippen LogP contribution in [0.1, 0.15) is 112 Å². The summed E-state index contributed by atoms with van der Waals surface area (Å²) in [6, 6.07) is 0. The Morgan fingerprint density at radius 3 is 2.22 bits per heavy atom. The Balaban J connectivity index is 0.00000102. The molecule has 0 spiro atoms. The summed E-state index contributed by atoms with van der Waals surface area (Å²) in [7, 11) is 0.